The number of hydrogen-bond acceptors (Lipinski definition) is 6. The van der Waals surface area contributed by atoms with Crippen molar-refractivity contribution in [2.45, 2.75) is 4.90 Å². The van der Waals surface area contributed by atoms with Gasteiger partial charge < -0.3 is 10.1 Å². The van der Waals surface area contributed by atoms with E-state index in [0.29, 0.717) is 17.1 Å². The maximum absolute atomic E-state index is 12.5. The second kappa shape index (κ2) is 7.41. The quantitative estimate of drug-likeness (QED) is 0.488. The van der Waals surface area contributed by atoms with Crippen molar-refractivity contribution >= 4 is 27.2 Å². The summed E-state index contributed by atoms with van der Waals surface area (Å²) in [4.78, 5) is 8.95. The van der Waals surface area contributed by atoms with Gasteiger partial charge in [0.25, 0.3) is 10.0 Å². The maximum atomic E-state index is 12.5. The lowest BCUT2D eigenvalue weighted by Crippen LogP contribution is -2.18. The minimum atomic E-state index is -3.57. The third-order valence-electron chi connectivity index (χ3n) is 5.05. The van der Waals surface area contributed by atoms with Gasteiger partial charge >= 0.3 is 0 Å². The SMILES string of the molecule is COc1ccccc1-c1cc(Nc2ccc3c(c2)-c2ccccc2S(=O)(=O)N3)ncn1. The summed E-state index contributed by atoms with van der Waals surface area (Å²) in [5, 5.41) is 3.28. The highest BCUT2D eigenvalue weighted by molar-refractivity contribution is 7.93. The van der Waals surface area contributed by atoms with E-state index in [-0.39, 0.29) is 4.90 Å². The lowest BCUT2D eigenvalue weighted by atomic mass is 10.0. The molecule has 0 bridgehead atoms. The average Bonchev–Trinajstić information content (AvgIpc) is 2.80. The van der Waals surface area contributed by atoms with Crippen LogP contribution in [0.5, 0.6) is 5.75 Å². The first-order valence-electron chi connectivity index (χ1n) is 9.54. The fraction of sp³-hybridized carbons (Fsp3) is 0.0435. The van der Waals surface area contributed by atoms with Gasteiger partial charge in [0.1, 0.15) is 17.9 Å². The molecule has 2 N–H and O–H groups in total. The summed E-state index contributed by atoms with van der Waals surface area (Å²) in [6.07, 6.45) is 1.49. The number of sulfonamides is 1. The molecule has 0 atom stereocenters. The number of anilines is 3. The summed E-state index contributed by atoms with van der Waals surface area (Å²) in [5.41, 5.74) is 4.38. The molecule has 5 rings (SSSR count). The number of para-hydroxylation sites is 1. The molecule has 0 spiro atoms. The summed E-state index contributed by atoms with van der Waals surface area (Å²) in [6, 6.07) is 21.9. The molecule has 0 saturated heterocycles. The monoisotopic (exact) mass is 430 g/mol. The molecule has 1 aromatic heterocycles. The Kier molecular flexibility index (Phi) is 4.56. The van der Waals surface area contributed by atoms with Gasteiger partial charge in [0.2, 0.25) is 0 Å². The average molecular weight is 430 g/mol. The molecular formula is C23H18N4O3S. The second-order valence-electron chi connectivity index (χ2n) is 6.98. The van der Waals surface area contributed by atoms with Crippen LogP contribution in [-0.2, 0) is 10.0 Å². The number of ether oxygens (including phenoxy) is 1. The smallest absolute Gasteiger partial charge is 0.262 e. The molecule has 8 heteroatoms. The third kappa shape index (κ3) is 3.47. The normalized spacial score (nSPS) is 13.5. The van der Waals surface area contributed by atoms with E-state index in [1.54, 1.807) is 37.4 Å². The molecular weight excluding hydrogens is 412 g/mol. The number of fused-ring (bicyclic) bond motifs is 3. The van der Waals surface area contributed by atoms with Crippen LogP contribution in [0.4, 0.5) is 17.2 Å². The van der Waals surface area contributed by atoms with Crippen LogP contribution in [0.15, 0.2) is 84.0 Å². The number of rotatable bonds is 4. The van der Waals surface area contributed by atoms with Crippen molar-refractivity contribution in [1.29, 1.82) is 0 Å². The fourth-order valence-corrected chi connectivity index (χ4v) is 4.94. The van der Waals surface area contributed by atoms with E-state index in [1.807, 2.05) is 42.5 Å². The van der Waals surface area contributed by atoms with Crippen LogP contribution < -0.4 is 14.8 Å². The Morgan fingerprint density at radius 3 is 2.48 bits per heavy atom. The van der Waals surface area contributed by atoms with Crippen LogP contribution in [-0.4, -0.2) is 25.5 Å². The van der Waals surface area contributed by atoms with E-state index in [0.717, 1.165) is 28.3 Å². The van der Waals surface area contributed by atoms with E-state index in [9.17, 15) is 8.42 Å². The first kappa shape index (κ1) is 19.1. The van der Waals surface area contributed by atoms with Crippen molar-refractivity contribution in [3.63, 3.8) is 0 Å². The minimum absolute atomic E-state index is 0.264. The third-order valence-corrected chi connectivity index (χ3v) is 6.48. The largest absolute Gasteiger partial charge is 0.496 e. The van der Waals surface area contributed by atoms with Crippen molar-refractivity contribution < 1.29 is 13.2 Å². The van der Waals surface area contributed by atoms with Crippen molar-refractivity contribution in [1.82, 2.24) is 9.97 Å². The van der Waals surface area contributed by atoms with Crippen molar-refractivity contribution in [2.75, 3.05) is 17.1 Å². The van der Waals surface area contributed by atoms with E-state index in [4.69, 9.17) is 4.74 Å². The lowest BCUT2D eigenvalue weighted by molar-refractivity contribution is 0.416. The lowest BCUT2D eigenvalue weighted by Gasteiger charge is -2.22. The maximum Gasteiger partial charge on any atom is 0.262 e. The van der Waals surface area contributed by atoms with Gasteiger partial charge in [0.15, 0.2) is 0 Å². The molecule has 7 nitrogen and oxygen atoms in total. The molecule has 0 radical (unpaired) electrons. The van der Waals surface area contributed by atoms with Crippen molar-refractivity contribution in [3.05, 3.63) is 79.1 Å². The van der Waals surface area contributed by atoms with Gasteiger partial charge in [0, 0.05) is 28.4 Å². The number of hydrogen-bond donors (Lipinski definition) is 2. The van der Waals surface area contributed by atoms with E-state index < -0.39 is 10.0 Å². The van der Waals surface area contributed by atoms with Crippen molar-refractivity contribution in [2.24, 2.45) is 0 Å². The topological polar surface area (TPSA) is 93.2 Å². The number of methoxy groups -OCH3 is 1. The van der Waals surface area contributed by atoms with Gasteiger partial charge in [-0.25, -0.2) is 18.4 Å². The summed E-state index contributed by atoms with van der Waals surface area (Å²) in [5.74, 6) is 1.34. The molecule has 3 aromatic carbocycles. The zero-order valence-electron chi connectivity index (χ0n) is 16.5. The Morgan fingerprint density at radius 1 is 0.871 bits per heavy atom. The van der Waals surface area contributed by atoms with Crippen LogP contribution in [0, 0.1) is 0 Å². The Bertz CT molecular complexity index is 1400. The molecule has 4 aromatic rings. The van der Waals surface area contributed by atoms with Crippen molar-refractivity contribution in [3.8, 4) is 28.1 Å². The molecule has 1 aliphatic heterocycles. The van der Waals surface area contributed by atoms with Gasteiger partial charge in [-0.15, -0.1) is 0 Å². The van der Waals surface area contributed by atoms with Crippen LogP contribution in [0.2, 0.25) is 0 Å². The molecule has 0 amide bonds. The molecule has 0 saturated carbocycles. The van der Waals surface area contributed by atoms with Gasteiger partial charge in [0.05, 0.1) is 23.4 Å². The zero-order valence-corrected chi connectivity index (χ0v) is 17.3. The molecule has 154 valence electrons. The van der Waals surface area contributed by atoms with Gasteiger partial charge in [-0.2, -0.15) is 0 Å². The summed E-state index contributed by atoms with van der Waals surface area (Å²) < 4.78 is 33.0. The Labute approximate surface area is 179 Å². The Morgan fingerprint density at radius 2 is 1.65 bits per heavy atom. The van der Waals surface area contributed by atoms with E-state index in [1.165, 1.54) is 6.33 Å². The second-order valence-corrected chi connectivity index (χ2v) is 8.63. The molecule has 0 fully saturated rings. The van der Waals surface area contributed by atoms with Gasteiger partial charge in [-0.05, 0) is 36.4 Å². The molecule has 1 aliphatic rings. The van der Waals surface area contributed by atoms with Crippen LogP contribution in [0.25, 0.3) is 22.4 Å². The standard InChI is InChI=1S/C23H18N4O3S/c1-30-21-8-4-2-7-17(21)20-13-23(25-14-24-20)26-15-10-11-19-18(12-15)16-6-3-5-9-22(16)31(28,29)27-19/h2-14,27H,1H3,(H,24,25,26). The molecule has 0 aliphatic carbocycles. The first-order valence-corrected chi connectivity index (χ1v) is 11.0. The van der Waals surface area contributed by atoms with Crippen LogP contribution in [0.1, 0.15) is 0 Å². The Hall–Kier alpha value is -3.91. The highest BCUT2D eigenvalue weighted by atomic mass is 32.2. The predicted octanol–water partition coefficient (Wildman–Crippen LogP) is 4.68. The summed E-state index contributed by atoms with van der Waals surface area (Å²) in [7, 11) is -1.95. The van der Waals surface area contributed by atoms with Gasteiger partial charge in [-0.3, -0.25) is 4.72 Å². The van der Waals surface area contributed by atoms with Crippen LogP contribution >= 0.6 is 0 Å². The summed E-state index contributed by atoms with van der Waals surface area (Å²) >= 11 is 0. The molecule has 0 unspecified atom stereocenters. The Balaban J connectivity index is 1.51. The van der Waals surface area contributed by atoms with E-state index in [2.05, 4.69) is 20.0 Å². The fourth-order valence-electron chi connectivity index (χ4n) is 3.63. The molecule has 2 heterocycles. The predicted molar refractivity (Wildman–Crippen MR) is 120 cm³/mol. The minimum Gasteiger partial charge on any atom is -0.496 e. The number of nitrogens with zero attached hydrogens (tertiary/aromatic N) is 2. The van der Waals surface area contributed by atoms with Crippen LogP contribution in [0.3, 0.4) is 0 Å². The number of aromatic nitrogens is 2. The van der Waals surface area contributed by atoms with E-state index >= 15 is 0 Å². The molecule has 31 heavy (non-hydrogen) atoms. The van der Waals surface area contributed by atoms with Gasteiger partial charge in [-0.1, -0.05) is 30.3 Å². The zero-order chi connectivity index (χ0) is 21.4. The highest BCUT2D eigenvalue weighted by Crippen LogP contribution is 2.40. The number of nitrogens with one attached hydrogen (secondary N) is 2. The summed E-state index contributed by atoms with van der Waals surface area (Å²) in [6.45, 7) is 0. The number of benzene rings is 3. The highest BCUT2D eigenvalue weighted by Gasteiger charge is 2.27. The first-order chi connectivity index (χ1) is 15.0.